The van der Waals surface area contributed by atoms with Gasteiger partial charge in [0.05, 0.1) is 0 Å². The number of nitrogens with zero attached hydrogens (tertiary/aromatic N) is 1. The Balaban J connectivity index is 1.62. The summed E-state index contributed by atoms with van der Waals surface area (Å²) >= 11 is 0. The molecule has 0 unspecified atom stereocenters. The number of carbonyl (C=O) groups is 2. The van der Waals surface area contributed by atoms with E-state index < -0.39 is 0 Å². The van der Waals surface area contributed by atoms with Gasteiger partial charge in [0.25, 0.3) is 5.91 Å². The summed E-state index contributed by atoms with van der Waals surface area (Å²) < 4.78 is 13.0. The van der Waals surface area contributed by atoms with Crippen LogP contribution in [-0.2, 0) is 11.3 Å². The Morgan fingerprint density at radius 2 is 1.67 bits per heavy atom. The molecule has 0 aromatic heterocycles. The van der Waals surface area contributed by atoms with E-state index in [1.807, 2.05) is 29.2 Å². The van der Waals surface area contributed by atoms with Gasteiger partial charge in [0.1, 0.15) is 5.82 Å². The maximum Gasteiger partial charge on any atom is 0.255 e. The minimum atomic E-state index is -0.377. The van der Waals surface area contributed by atoms with Crippen molar-refractivity contribution in [2.75, 3.05) is 18.4 Å². The number of amides is 2. The highest BCUT2D eigenvalue weighted by molar-refractivity contribution is 6.04. The Morgan fingerprint density at radius 1 is 1.00 bits per heavy atom. The molecule has 1 saturated carbocycles. The molecular weight excluding hydrogens is 381 g/mol. The van der Waals surface area contributed by atoms with E-state index in [2.05, 4.69) is 5.32 Å². The molecule has 5 nitrogen and oxygen atoms in total. The topological polar surface area (TPSA) is 75.4 Å². The highest BCUT2D eigenvalue weighted by atomic mass is 19.1. The highest BCUT2D eigenvalue weighted by Crippen LogP contribution is 2.26. The zero-order chi connectivity index (χ0) is 21.3. The molecule has 1 aliphatic rings. The number of hydrogen-bond acceptors (Lipinski definition) is 3. The van der Waals surface area contributed by atoms with Crippen LogP contribution in [0.1, 0.15) is 54.4 Å². The van der Waals surface area contributed by atoms with E-state index >= 15 is 0 Å². The van der Waals surface area contributed by atoms with E-state index in [-0.39, 0.29) is 23.5 Å². The zero-order valence-electron chi connectivity index (χ0n) is 17.3. The summed E-state index contributed by atoms with van der Waals surface area (Å²) in [6, 6.07) is 12.9. The Kier molecular flexibility index (Phi) is 7.97. The molecule has 2 aromatic carbocycles. The van der Waals surface area contributed by atoms with Crippen LogP contribution in [0.5, 0.6) is 0 Å². The molecule has 6 heteroatoms. The van der Waals surface area contributed by atoms with Crippen molar-refractivity contribution in [3.05, 3.63) is 65.5 Å². The second kappa shape index (κ2) is 10.9. The highest BCUT2D eigenvalue weighted by Gasteiger charge is 2.25. The second-order valence-electron chi connectivity index (χ2n) is 7.89. The molecule has 3 rings (SSSR count). The lowest BCUT2D eigenvalue weighted by Crippen LogP contribution is -2.37. The van der Waals surface area contributed by atoms with Crippen LogP contribution < -0.4 is 11.1 Å². The predicted octanol–water partition coefficient (Wildman–Crippen LogP) is 4.34. The number of carbonyl (C=O) groups excluding carboxylic acids is 2. The number of nitrogens with one attached hydrogen (secondary N) is 1. The molecule has 30 heavy (non-hydrogen) atoms. The fraction of sp³-hybridized carbons (Fsp3) is 0.417. The van der Waals surface area contributed by atoms with Gasteiger partial charge >= 0.3 is 0 Å². The molecule has 2 amide bonds. The molecule has 0 heterocycles. The average molecular weight is 412 g/mol. The van der Waals surface area contributed by atoms with Gasteiger partial charge in [0, 0.05) is 30.3 Å². The summed E-state index contributed by atoms with van der Waals surface area (Å²) in [5.74, 6) is -0.305. The van der Waals surface area contributed by atoms with Crippen LogP contribution in [0.3, 0.4) is 0 Å². The Labute approximate surface area is 177 Å². The lowest BCUT2D eigenvalue weighted by Gasteiger charge is -2.29. The largest absolute Gasteiger partial charge is 0.338 e. The van der Waals surface area contributed by atoms with Crippen molar-refractivity contribution < 1.29 is 14.0 Å². The number of benzene rings is 2. The molecule has 0 spiro atoms. The van der Waals surface area contributed by atoms with Gasteiger partial charge in [-0.2, -0.15) is 0 Å². The molecule has 1 aliphatic carbocycles. The van der Waals surface area contributed by atoms with Crippen molar-refractivity contribution in [2.45, 2.75) is 45.1 Å². The number of nitrogens with two attached hydrogens (primary N) is 1. The number of hydrogen-bond donors (Lipinski definition) is 2. The molecule has 0 bridgehead atoms. The molecule has 0 atom stereocenters. The summed E-state index contributed by atoms with van der Waals surface area (Å²) in [6.07, 6.45) is 6.22. The Morgan fingerprint density at radius 3 is 2.30 bits per heavy atom. The molecular formula is C24H30FN3O2. The van der Waals surface area contributed by atoms with Crippen molar-refractivity contribution in [3.63, 3.8) is 0 Å². The van der Waals surface area contributed by atoms with Crippen LogP contribution in [0.25, 0.3) is 0 Å². The van der Waals surface area contributed by atoms with Gasteiger partial charge in [-0.05, 0) is 67.8 Å². The zero-order valence-corrected chi connectivity index (χ0v) is 17.3. The van der Waals surface area contributed by atoms with E-state index in [9.17, 15) is 14.0 Å². The van der Waals surface area contributed by atoms with Crippen molar-refractivity contribution in [1.82, 2.24) is 4.90 Å². The van der Waals surface area contributed by atoms with Crippen LogP contribution in [0.2, 0.25) is 0 Å². The first kappa shape index (κ1) is 22.0. The Hall–Kier alpha value is -2.73. The van der Waals surface area contributed by atoms with E-state index in [0.717, 1.165) is 37.7 Å². The molecule has 160 valence electrons. The third-order valence-electron chi connectivity index (χ3n) is 5.59. The number of rotatable bonds is 8. The number of anilines is 1. The standard InChI is InChI=1S/C24H30FN3O2/c25-21-11-9-19(10-12-21)23(29)27-22-13-7-18(8-14-22)17-28(16-4-15-26)24(30)20-5-2-1-3-6-20/h7-14,20H,1-6,15-17,26H2,(H,27,29). The first-order valence-electron chi connectivity index (χ1n) is 10.7. The molecule has 1 fully saturated rings. The summed E-state index contributed by atoms with van der Waals surface area (Å²) in [4.78, 5) is 27.2. The average Bonchev–Trinajstić information content (AvgIpc) is 2.78. The van der Waals surface area contributed by atoms with Crippen LogP contribution in [0, 0.1) is 11.7 Å². The summed E-state index contributed by atoms with van der Waals surface area (Å²) in [5.41, 5.74) is 7.73. The van der Waals surface area contributed by atoms with E-state index in [0.29, 0.717) is 30.9 Å². The van der Waals surface area contributed by atoms with Gasteiger partial charge < -0.3 is 16.0 Å². The molecule has 0 aliphatic heterocycles. The first-order chi connectivity index (χ1) is 14.6. The normalized spacial score (nSPS) is 14.3. The lowest BCUT2D eigenvalue weighted by molar-refractivity contribution is -0.137. The molecule has 0 saturated heterocycles. The van der Waals surface area contributed by atoms with Crippen LogP contribution >= 0.6 is 0 Å². The summed E-state index contributed by atoms with van der Waals surface area (Å²) in [7, 11) is 0. The third-order valence-corrected chi connectivity index (χ3v) is 5.59. The smallest absolute Gasteiger partial charge is 0.255 e. The predicted molar refractivity (Wildman–Crippen MR) is 116 cm³/mol. The molecule has 3 N–H and O–H groups in total. The molecule has 0 radical (unpaired) electrons. The van der Waals surface area contributed by atoms with E-state index in [1.165, 1.54) is 30.7 Å². The van der Waals surface area contributed by atoms with Crippen molar-refractivity contribution >= 4 is 17.5 Å². The van der Waals surface area contributed by atoms with Gasteiger partial charge in [0.2, 0.25) is 5.91 Å². The van der Waals surface area contributed by atoms with E-state index in [1.54, 1.807) is 0 Å². The lowest BCUT2D eigenvalue weighted by atomic mass is 9.88. The fourth-order valence-electron chi connectivity index (χ4n) is 3.88. The second-order valence-corrected chi connectivity index (χ2v) is 7.89. The van der Waals surface area contributed by atoms with E-state index in [4.69, 9.17) is 5.73 Å². The van der Waals surface area contributed by atoms with Gasteiger partial charge in [-0.25, -0.2) is 4.39 Å². The van der Waals surface area contributed by atoms with Crippen LogP contribution in [-0.4, -0.2) is 29.8 Å². The van der Waals surface area contributed by atoms with Crippen molar-refractivity contribution in [1.29, 1.82) is 0 Å². The quantitative estimate of drug-likeness (QED) is 0.679. The number of halogens is 1. The maximum atomic E-state index is 13.0. The fourth-order valence-corrected chi connectivity index (χ4v) is 3.88. The minimum absolute atomic E-state index is 0.130. The summed E-state index contributed by atoms with van der Waals surface area (Å²) in [6.45, 7) is 1.76. The van der Waals surface area contributed by atoms with Gasteiger partial charge in [-0.3, -0.25) is 9.59 Å². The SMILES string of the molecule is NCCCN(Cc1ccc(NC(=O)c2ccc(F)cc2)cc1)C(=O)C1CCCCC1. The van der Waals surface area contributed by atoms with Crippen molar-refractivity contribution in [3.8, 4) is 0 Å². The first-order valence-corrected chi connectivity index (χ1v) is 10.7. The van der Waals surface area contributed by atoms with Crippen LogP contribution in [0.4, 0.5) is 10.1 Å². The van der Waals surface area contributed by atoms with Crippen molar-refractivity contribution in [2.24, 2.45) is 11.7 Å². The van der Waals surface area contributed by atoms with Crippen LogP contribution in [0.15, 0.2) is 48.5 Å². The minimum Gasteiger partial charge on any atom is -0.338 e. The third kappa shape index (κ3) is 6.13. The van der Waals surface area contributed by atoms with Gasteiger partial charge in [-0.15, -0.1) is 0 Å². The Bertz CT molecular complexity index is 831. The maximum absolute atomic E-state index is 13.0. The van der Waals surface area contributed by atoms with Gasteiger partial charge in [0.15, 0.2) is 0 Å². The molecule has 2 aromatic rings. The van der Waals surface area contributed by atoms with Gasteiger partial charge in [-0.1, -0.05) is 31.4 Å². The monoisotopic (exact) mass is 411 g/mol. The summed E-state index contributed by atoms with van der Waals surface area (Å²) in [5, 5.41) is 2.81.